The van der Waals surface area contributed by atoms with Gasteiger partial charge in [0.1, 0.15) is 12.4 Å². The first kappa shape index (κ1) is 24.3. The minimum absolute atomic E-state index is 0.191. The van der Waals surface area contributed by atoms with E-state index in [1.165, 1.54) is 17.2 Å². The van der Waals surface area contributed by atoms with E-state index in [9.17, 15) is 9.90 Å². The number of aliphatic hydroxyl groups excluding tert-OH is 1. The molecule has 3 aromatic carbocycles. The number of nitrogens with zero attached hydrogens (tertiary/aromatic N) is 2. The third-order valence-corrected chi connectivity index (χ3v) is 6.91. The number of benzene rings is 3. The fraction of sp³-hybridized carbons (Fsp3) is 0.300. The molecule has 0 radical (unpaired) electrons. The molecule has 0 unspecified atom stereocenters. The van der Waals surface area contributed by atoms with Crippen LogP contribution in [0.5, 0.6) is 5.75 Å². The second kappa shape index (κ2) is 11.1. The van der Waals surface area contributed by atoms with Gasteiger partial charge in [0.25, 0.3) is 0 Å². The largest absolute Gasteiger partial charge is 0.487 e. The first-order valence-corrected chi connectivity index (χ1v) is 12.6. The highest BCUT2D eigenvalue weighted by Crippen LogP contribution is 2.31. The minimum atomic E-state index is -0.662. The second-order valence-electron chi connectivity index (χ2n) is 9.62. The Bertz CT molecular complexity index is 1340. The molecule has 5 rings (SSSR count). The number of H-pyrrole nitrogens is 1. The normalized spacial score (nSPS) is 15.7. The Morgan fingerprint density at radius 2 is 1.58 bits per heavy atom. The predicted octanol–water partition coefficient (Wildman–Crippen LogP) is 4.27. The maximum Gasteiger partial charge on any atom is 0.248 e. The summed E-state index contributed by atoms with van der Waals surface area (Å²) in [6.45, 7) is 7.80. The number of rotatable bonds is 8. The second-order valence-corrected chi connectivity index (χ2v) is 9.62. The minimum Gasteiger partial charge on any atom is -0.487 e. The molecule has 6 heteroatoms. The van der Waals surface area contributed by atoms with E-state index >= 15 is 0 Å². The van der Waals surface area contributed by atoms with Crippen LogP contribution in [0.25, 0.3) is 10.9 Å². The Kier molecular flexibility index (Phi) is 7.47. The van der Waals surface area contributed by atoms with Crippen molar-refractivity contribution in [3.8, 4) is 5.75 Å². The van der Waals surface area contributed by atoms with E-state index in [0.29, 0.717) is 24.4 Å². The van der Waals surface area contributed by atoms with Crippen LogP contribution in [0.2, 0.25) is 0 Å². The molecule has 2 N–H and O–H groups in total. The summed E-state index contributed by atoms with van der Waals surface area (Å²) in [5.74, 6) is 0.604. The Balaban J connectivity index is 1.24. The summed E-state index contributed by atoms with van der Waals surface area (Å²) in [5, 5.41) is 12.0. The van der Waals surface area contributed by atoms with Crippen LogP contribution in [-0.4, -0.2) is 52.6 Å². The van der Waals surface area contributed by atoms with Crippen molar-refractivity contribution in [2.75, 3.05) is 32.7 Å². The summed E-state index contributed by atoms with van der Waals surface area (Å²) in [6, 6.07) is 25.7. The van der Waals surface area contributed by atoms with Crippen molar-refractivity contribution in [1.29, 1.82) is 0 Å². The van der Waals surface area contributed by atoms with Crippen molar-refractivity contribution in [3.63, 3.8) is 0 Å². The van der Waals surface area contributed by atoms with Crippen molar-refractivity contribution < 1.29 is 9.84 Å². The zero-order valence-corrected chi connectivity index (χ0v) is 20.7. The van der Waals surface area contributed by atoms with E-state index < -0.39 is 6.10 Å². The van der Waals surface area contributed by atoms with Gasteiger partial charge in [-0.15, -0.1) is 0 Å². The molecule has 0 spiro atoms. The molecule has 1 aromatic heterocycles. The number of fused-ring (bicyclic) bond motifs is 1. The van der Waals surface area contributed by atoms with E-state index in [0.717, 1.165) is 49.2 Å². The Morgan fingerprint density at radius 3 is 2.33 bits per heavy atom. The lowest BCUT2D eigenvalue weighted by Crippen LogP contribution is -2.47. The van der Waals surface area contributed by atoms with Crippen molar-refractivity contribution in [3.05, 3.63) is 111 Å². The summed E-state index contributed by atoms with van der Waals surface area (Å²) in [4.78, 5) is 19.8. The van der Waals surface area contributed by atoms with Gasteiger partial charge in [-0.2, -0.15) is 0 Å². The third-order valence-electron chi connectivity index (χ3n) is 6.91. The smallest absolute Gasteiger partial charge is 0.248 e. The maximum atomic E-state index is 12.1. The fourth-order valence-corrected chi connectivity index (χ4v) is 4.82. The number of aryl methyl sites for hydroxylation is 1. The average molecular weight is 484 g/mol. The van der Waals surface area contributed by atoms with E-state index in [-0.39, 0.29) is 5.56 Å². The lowest BCUT2D eigenvalue weighted by molar-refractivity contribution is 0.0707. The van der Waals surface area contributed by atoms with Crippen molar-refractivity contribution >= 4 is 10.9 Å². The van der Waals surface area contributed by atoms with E-state index in [1.54, 1.807) is 6.07 Å². The molecule has 4 aromatic rings. The van der Waals surface area contributed by atoms with Crippen LogP contribution in [-0.2, 0) is 13.2 Å². The van der Waals surface area contributed by atoms with Gasteiger partial charge in [-0.05, 0) is 35.7 Å². The van der Waals surface area contributed by atoms with Crippen LogP contribution in [0.1, 0.15) is 28.4 Å². The lowest BCUT2D eigenvalue weighted by atomic mass is 10.0. The van der Waals surface area contributed by atoms with E-state index in [1.807, 2.05) is 42.5 Å². The molecule has 1 fully saturated rings. The van der Waals surface area contributed by atoms with Gasteiger partial charge in [-0.25, -0.2) is 0 Å². The number of piperazine rings is 1. The molecule has 1 aliphatic rings. The Morgan fingerprint density at radius 1 is 0.861 bits per heavy atom. The summed E-state index contributed by atoms with van der Waals surface area (Å²) in [6.07, 6.45) is -0.662. The summed E-state index contributed by atoms with van der Waals surface area (Å²) in [7, 11) is 0. The number of ether oxygens (including phenoxy) is 1. The molecule has 2 heterocycles. The maximum absolute atomic E-state index is 12.1. The first-order valence-electron chi connectivity index (χ1n) is 12.6. The summed E-state index contributed by atoms with van der Waals surface area (Å²) < 4.78 is 6.04. The number of hydrogen-bond acceptors (Lipinski definition) is 5. The van der Waals surface area contributed by atoms with Crippen LogP contribution in [0, 0.1) is 6.92 Å². The van der Waals surface area contributed by atoms with Gasteiger partial charge in [-0.3, -0.25) is 14.6 Å². The highest BCUT2D eigenvalue weighted by Gasteiger charge is 2.22. The van der Waals surface area contributed by atoms with Crippen molar-refractivity contribution in [1.82, 2.24) is 14.8 Å². The Hall–Kier alpha value is -3.45. The molecule has 0 amide bonds. The molecular weight excluding hydrogens is 450 g/mol. The van der Waals surface area contributed by atoms with Crippen molar-refractivity contribution in [2.45, 2.75) is 26.2 Å². The number of aliphatic hydroxyl groups is 1. The molecule has 1 saturated heterocycles. The van der Waals surface area contributed by atoms with Gasteiger partial charge < -0.3 is 14.8 Å². The monoisotopic (exact) mass is 483 g/mol. The van der Waals surface area contributed by atoms with Crippen LogP contribution < -0.4 is 10.3 Å². The molecule has 0 saturated carbocycles. The van der Waals surface area contributed by atoms with Gasteiger partial charge in [0, 0.05) is 50.7 Å². The predicted molar refractivity (Wildman–Crippen MR) is 143 cm³/mol. The quantitative estimate of drug-likeness (QED) is 0.392. The zero-order valence-electron chi connectivity index (χ0n) is 20.7. The van der Waals surface area contributed by atoms with Crippen LogP contribution in [0.15, 0.2) is 83.7 Å². The van der Waals surface area contributed by atoms with Gasteiger partial charge in [0.05, 0.1) is 11.6 Å². The van der Waals surface area contributed by atoms with Crippen LogP contribution in [0.4, 0.5) is 0 Å². The highest BCUT2D eigenvalue weighted by molar-refractivity contribution is 5.87. The number of aromatic nitrogens is 1. The lowest BCUT2D eigenvalue weighted by Gasteiger charge is -2.35. The molecule has 1 atom stereocenters. The summed E-state index contributed by atoms with van der Waals surface area (Å²) >= 11 is 0. The van der Waals surface area contributed by atoms with Crippen LogP contribution in [0.3, 0.4) is 0 Å². The van der Waals surface area contributed by atoms with Gasteiger partial charge >= 0.3 is 0 Å². The molecule has 1 aliphatic heterocycles. The topological polar surface area (TPSA) is 68.8 Å². The first-order chi connectivity index (χ1) is 17.5. The molecule has 186 valence electrons. The van der Waals surface area contributed by atoms with Crippen LogP contribution >= 0.6 is 0 Å². The third kappa shape index (κ3) is 5.85. The van der Waals surface area contributed by atoms with Crippen molar-refractivity contribution in [2.24, 2.45) is 0 Å². The fourth-order valence-electron chi connectivity index (χ4n) is 4.82. The number of aromatic amines is 1. The Labute approximate surface area is 211 Å². The van der Waals surface area contributed by atoms with E-state index in [4.69, 9.17) is 4.74 Å². The number of β-amino-alcohol motifs (C(OH)–C–C–N with tert-alkyl or cyclic N) is 1. The zero-order chi connectivity index (χ0) is 24.9. The molecule has 6 nitrogen and oxygen atoms in total. The van der Waals surface area contributed by atoms with E-state index in [2.05, 4.69) is 46.0 Å². The number of hydrogen-bond donors (Lipinski definition) is 2. The standard InChI is InChI=1S/C30H33N3O3/c1-22-7-9-23(10-8-22)19-32-15-17-33(18-16-32)20-27(34)25-11-13-28(30-26(25)12-14-29(35)31-30)36-21-24-5-3-2-4-6-24/h2-14,27,34H,15-21H2,1H3,(H,31,35)/t27-/m0/s1. The molecule has 36 heavy (non-hydrogen) atoms. The molecule has 0 bridgehead atoms. The SMILES string of the molecule is Cc1ccc(CN2CCN(C[C@H](O)c3ccc(OCc4ccccc4)c4[nH]c(=O)ccc34)CC2)cc1. The summed E-state index contributed by atoms with van der Waals surface area (Å²) in [5.41, 5.74) is 4.90. The number of nitrogens with one attached hydrogen (secondary N) is 1. The van der Waals surface area contributed by atoms with Gasteiger partial charge in [0.2, 0.25) is 5.56 Å². The van der Waals surface area contributed by atoms with Gasteiger partial charge in [-0.1, -0.05) is 66.2 Å². The molecular formula is C30H33N3O3. The van der Waals surface area contributed by atoms with Gasteiger partial charge in [0.15, 0.2) is 0 Å². The molecule has 0 aliphatic carbocycles. The average Bonchev–Trinajstić information content (AvgIpc) is 2.90. The highest BCUT2D eigenvalue weighted by atomic mass is 16.5. The number of pyridine rings is 1.